The van der Waals surface area contributed by atoms with Gasteiger partial charge in [0.2, 0.25) is 0 Å². The highest BCUT2D eigenvalue weighted by atomic mass is 16.5. The Morgan fingerprint density at radius 3 is 3.00 bits per heavy atom. The molecule has 1 aliphatic carbocycles. The van der Waals surface area contributed by atoms with Crippen molar-refractivity contribution in [3.63, 3.8) is 0 Å². The van der Waals surface area contributed by atoms with Gasteiger partial charge in [0.05, 0.1) is 19.1 Å². The molecule has 2 rings (SSSR count). The van der Waals surface area contributed by atoms with Gasteiger partial charge in [-0.05, 0) is 32.6 Å². The predicted octanol–water partition coefficient (Wildman–Crippen LogP) is 1.50. The summed E-state index contributed by atoms with van der Waals surface area (Å²) in [5.41, 5.74) is 2.36. The van der Waals surface area contributed by atoms with Crippen LogP contribution in [0.15, 0.2) is 6.33 Å². The molecule has 0 aliphatic heterocycles. The van der Waals surface area contributed by atoms with Gasteiger partial charge < -0.3 is 9.30 Å². The molecule has 0 aromatic carbocycles. The minimum Gasteiger partial charge on any atom is -0.467 e. The monoisotopic (exact) mass is 208 g/mol. The van der Waals surface area contributed by atoms with Crippen molar-refractivity contribution in [1.82, 2.24) is 9.55 Å². The number of imidazole rings is 1. The van der Waals surface area contributed by atoms with E-state index in [1.54, 1.807) is 6.33 Å². The van der Waals surface area contributed by atoms with E-state index in [4.69, 9.17) is 4.74 Å². The first-order chi connectivity index (χ1) is 7.24. The third-order valence-corrected chi connectivity index (χ3v) is 3.02. The molecule has 0 saturated heterocycles. The summed E-state index contributed by atoms with van der Waals surface area (Å²) in [6.07, 6.45) is 6.22. The molecule has 1 aromatic rings. The number of ether oxygens (including phenoxy) is 1. The summed E-state index contributed by atoms with van der Waals surface area (Å²) in [4.78, 5) is 15.8. The smallest absolute Gasteiger partial charge is 0.328 e. The third-order valence-electron chi connectivity index (χ3n) is 3.02. The molecule has 0 saturated carbocycles. The van der Waals surface area contributed by atoms with Crippen molar-refractivity contribution < 1.29 is 9.53 Å². The number of carbonyl (C=O) groups excluding carboxylic acids is 1. The Balaban J connectivity index is 2.28. The van der Waals surface area contributed by atoms with E-state index in [9.17, 15) is 4.79 Å². The molecule has 4 nitrogen and oxygen atoms in total. The van der Waals surface area contributed by atoms with Gasteiger partial charge in [-0.2, -0.15) is 0 Å². The Bertz CT molecular complexity index is 371. The standard InChI is InChI=1S/C11H16N2O2/c1-8(11(14)15-2)13-7-12-9-5-3-4-6-10(9)13/h7-8H,3-6H2,1-2H3/t8-/m1/s1. The number of esters is 1. The van der Waals surface area contributed by atoms with Gasteiger partial charge in [-0.25, -0.2) is 9.78 Å². The lowest BCUT2D eigenvalue weighted by Gasteiger charge is -2.17. The minimum atomic E-state index is -0.260. The summed E-state index contributed by atoms with van der Waals surface area (Å²) in [5, 5.41) is 0. The van der Waals surface area contributed by atoms with Crippen LogP contribution in [-0.2, 0) is 22.4 Å². The lowest BCUT2D eigenvalue weighted by atomic mass is 10.0. The van der Waals surface area contributed by atoms with Gasteiger partial charge in [0, 0.05) is 5.69 Å². The van der Waals surface area contributed by atoms with Gasteiger partial charge in [-0.1, -0.05) is 0 Å². The highest BCUT2D eigenvalue weighted by molar-refractivity contribution is 5.73. The Labute approximate surface area is 89.3 Å². The quantitative estimate of drug-likeness (QED) is 0.692. The molecule has 0 fully saturated rings. The lowest BCUT2D eigenvalue weighted by Crippen LogP contribution is -2.20. The summed E-state index contributed by atoms with van der Waals surface area (Å²) in [5.74, 6) is -0.208. The Kier molecular flexibility index (Phi) is 2.75. The molecule has 0 N–H and O–H groups in total. The molecule has 0 bridgehead atoms. The zero-order valence-corrected chi connectivity index (χ0v) is 9.19. The lowest BCUT2D eigenvalue weighted by molar-refractivity contribution is -0.144. The number of methoxy groups -OCH3 is 1. The van der Waals surface area contributed by atoms with Gasteiger partial charge in [0.25, 0.3) is 0 Å². The van der Waals surface area contributed by atoms with E-state index >= 15 is 0 Å². The second kappa shape index (κ2) is 4.04. The summed E-state index contributed by atoms with van der Waals surface area (Å²) >= 11 is 0. The molecule has 0 unspecified atom stereocenters. The van der Waals surface area contributed by atoms with E-state index < -0.39 is 0 Å². The SMILES string of the molecule is COC(=O)[C@@H](C)n1cnc2c1CCCC2. The van der Waals surface area contributed by atoms with Crippen LogP contribution in [0.5, 0.6) is 0 Å². The maximum Gasteiger partial charge on any atom is 0.328 e. The van der Waals surface area contributed by atoms with Crippen molar-refractivity contribution in [2.45, 2.75) is 38.6 Å². The first-order valence-corrected chi connectivity index (χ1v) is 5.36. The topological polar surface area (TPSA) is 44.1 Å². The van der Waals surface area contributed by atoms with Gasteiger partial charge in [0.1, 0.15) is 6.04 Å². The van der Waals surface area contributed by atoms with Gasteiger partial charge in [0.15, 0.2) is 0 Å². The van der Waals surface area contributed by atoms with Crippen molar-refractivity contribution in [2.24, 2.45) is 0 Å². The van der Waals surface area contributed by atoms with E-state index in [0.29, 0.717) is 0 Å². The molecule has 82 valence electrons. The van der Waals surface area contributed by atoms with Crippen LogP contribution in [-0.4, -0.2) is 22.6 Å². The summed E-state index contributed by atoms with van der Waals surface area (Å²) in [6, 6.07) is -0.260. The number of carbonyl (C=O) groups is 1. The van der Waals surface area contributed by atoms with Crippen LogP contribution in [0.4, 0.5) is 0 Å². The van der Waals surface area contributed by atoms with Crippen molar-refractivity contribution in [3.8, 4) is 0 Å². The Morgan fingerprint density at radius 2 is 2.27 bits per heavy atom. The van der Waals surface area contributed by atoms with Crippen LogP contribution >= 0.6 is 0 Å². The van der Waals surface area contributed by atoms with E-state index in [2.05, 4.69) is 4.98 Å². The number of aromatic nitrogens is 2. The molecule has 1 aliphatic rings. The molecule has 1 heterocycles. The number of hydrogen-bond acceptors (Lipinski definition) is 3. The molecule has 0 amide bonds. The molecule has 1 aromatic heterocycles. The number of rotatable bonds is 2. The van der Waals surface area contributed by atoms with Crippen molar-refractivity contribution in [3.05, 3.63) is 17.7 Å². The largest absolute Gasteiger partial charge is 0.467 e. The summed E-state index contributed by atoms with van der Waals surface area (Å²) in [6.45, 7) is 1.85. The van der Waals surface area contributed by atoms with Gasteiger partial charge in [-0.3, -0.25) is 0 Å². The Hall–Kier alpha value is -1.32. The molecular weight excluding hydrogens is 192 g/mol. The third kappa shape index (κ3) is 1.76. The van der Waals surface area contributed by atoms with E-state index in [0.717, 1.165) is 18.5 Å². The highest BCUT2D eigenvalue weighted by Gasteiger charge is 2.22. The number of fused-ring (bicyclic) bond motifs is 1. The summed E-state index contributed by atoms with van der Waals surface area (Å²) < 4.78 is 6.68. The number of aryl methyl sites for hydroxylation is 1. The second-order valence-electron chi connectivity index (χ2n) is 3.95. The molecule has 0 radical (unpaired) electrons. The first kappa shape index (κ1) is 10.2. The second-order valence-corrected chi connectivity index (χ2v) is 3.95. The fraction of sp³-hybridized carbons (Fsp3) is 0.636. The van der Waals surface area contributed by atoms with E-state index in [1.807, 2.05) is 11.5 Å². The van der Waals surface area contributed by atoms with Crippen LogP contribution in [0.1, 0.15) is 37.2 Å². The average Bonchev–Trinajstić information content (AvgIpc) is 2.70. The fourth-order valence-electron chi connectivity index (χ4n) is 2.11. The van der Waals surface area contributed by atoms with Crippen LogP contribution in [0.2, 0.25) is 0 Å². The zero-order chi connectivity index (χ0) is 10.8. The van der Waals surface area contributed by atoms with Crippen molar-refractivity contribution in [2.75, 3.05) is 7.11 Å². The van der Waals surface area contributed by atoms with E-state index in [-0.39, 0.29) is 12.0 Å². The van der Waals surface area contributed by atoms with Crippen LogP contribution in [0.25, 0.3) is 0 Å². The number of nitrogens with zero attached hydrogens (tertiary/aromatic N) is 2. The van der Waals surface area contributed by atoms with Crippen molar-refractivity contribution >= 4 is 5.97 Å². The zero-order valence-electron chi connectivity index (χ0n) is 9.19. The highest BCUT2D eigenvalue weighted by Crippen LogP contribution is 2.23. The molecule has 15 heavy (non-hydrogen) atoms. The van der Waals surface area contributed by atoms with Gasteiger partial charge >= 0.3 is 5.97 Å². The van der Waals surface area contributed by atoms with Crippen LogP contribution in [0, 0.1) is 0 Å². The molecule has 4 heteroatoms. The van der Waals surface area contributed by atoms with E-state index in [1.165, 1.54) is 25.6 Å². The molecule has 0 spiro atoms. The maximum absolute atomic E-state index is 11.4. The normalized spacial score (nSPS) is 16.9. The summed E-state index contributed by atoms with van der Waals surface area (Å²) in [7, 11) is 1.42. The molecule has 1 atom stereocenters. The van der Waals surface area contributed by atoms with Crippen molar-refractivity contribution in [1.29, 1.82) is 0 Å². The molecular formula is C11H16N2O2. The Morgan fingerprint density at radius 1 is 1.53 bits per heavy atom. The van der Waals surface area contributed by atoms with Gasteiger partial charge in [-0.15, -0.1) is 0 Å². The first-order valence-electron chi connectivity index (χ1n) is 5.36. The fourth-order valence-corrected chi connectivity index (χ4v) is 2.11. The number of hydrogen-bond donors (Lipinski definition) is 0. The van der Waals surface area contributed by atoms with Crippen LogP contribution in [0.3, 0.4) is 0 Å². The minimum absolute atomic E-state index is 0.208. The average molecular weight is 208 g/mol. The predicted molar refractivity (Wildman–Crippen MR) is 55.6 cm³/mol. The maximum atomic E-state index is 11.4. The van der Waals surface area contributed by atoms with Crippen LogP contribution < -0.4 is 0 Å².